The van der Waals surface area contributed by atoms with E-state index in [1.54, 1.807) is 0 Å². The molecule has 1 rings (SSSR count). The van der Waals surface area contributed by atoms with Crippen molar-refractivity contribution in [1.82, 2.24) is 4.98 Å². The largest absolute Gasteiger partial charge is 0.481 e. The number of hydrogen-bond acceptors (Lipinski definition) is 4. The number of pyridine rings is 1. The van der Waals surface area contributed by atoms with Gasteiger partial charge in [0.2, 0.25) is 10.0 Å². The van der Waals surface area contributed by atoms with Crippen LogP contribution in [0.2, 0.25) is 0 Å². The normalized spacial score (nSPS) is 11.2. The van der Waals surface area contributed by atoms with Gasteiger partial charge >= 0.3 is 5.97 Å². The molecular weight excluding hydrogens is 208 g/mol. The minimum absolute atomic E-state index is 0.133. The van der Waals surface area contributed by atoms with Crippen molar-refractivity contribution in [1.29, 1.82) is 0 Å². The van der Waals surface area contributed by atoms with Crippen LogP contribution in [-0.2, 0) is 21.2 Å². The Bertz CT molecular complexity index is 437. The Hall–Kier alpha value is -1.47. The molecule has 0 atom stereocenters. The van der Waals surface area contributed by atoms with Gasteiger partial charge in [0, 0.05) is 6.20 Å². The summed E-state index contributed by atoms with van der Waals surface area (Å²) in [6, 6.07) is 2.54. The number of hydrogen-bond donors (Lipinski definition) is 2. The zero-order chi connectivity index (χ0) is 10.8. The Labute approximate surface area is 80.4 Å². The second kappa shape index (κ2) is 3.72. The van der Waals surface area contributed by atoms with Gasteiger partial charge in [0.1, 0.15) is 4.90 Å². The first-order chi connectivity index (χ1) is 6.39. The van der Waals surface area contributed by atoms with Crippen molar-refractivity contribution in [2.24, 2.45) is 5.14 Å². The lowest BCUT2D eigenvalue weighted by Crippen LogP contribution is -2.13. The highest BCUT2D eigenvalue weighted by Gasteiger charge is 2.08. The predicted octanol–water partition coefficient (Wildman–Crippen LogP) is -0.644. The van der Waals surface area contributed by atoms with Crippen molar-refractivity contribution in [2.75, 3.05) is 0 Å². The molecular formula is C7H8N2O4S. The Morgan fingerprint density at radius 3 is 2.50 bits per heavy atom. The highest BCUT2D eigenvalue weighted by atomic mass is 32.2. The summed E-state index contributed by atoms with van der Waals surface area (Å²) in [7, 11) is -3.76. The van der Waals surface area contributed by atoms with E-state index in [1.807, 2.05) is 0 Å². The molecule has 0 aliphatic rings. The maximum atomic E-state index is 10.8. The molecule has 0 saturated carbocycles. The first-order valence-electron chi connectivity index (χ1n) is 3.59. The van der Waals surface area contributed by atoms with E-state index >= 15 is 0 Å². The van der Waals surface area contributed by atoms with E-state index in [4.69, 9.17) is 10.2 Å². The van der Waals surface area contributed by atoms with Crippen LogP contribution in [0, 0.1) is 0 Å². The summed E-state index contributed by atoms with van der Waals surface area (Å²) in [6.45, 7) is 0. The standard InChI is InChI=1S/C7H8N2O4S/c8-14(12,13)6-2-1-5(9-4-6)3-7(10)11/h1-2,4H,3H2,(H,10,11)(H2,8,12,13). The van der Waals surface area contributed by atoms with E-state index in [0.29, 0.717) is 0 Å². The van der Waals surface area contributed by atoms with Gasteiger partial charge in [-0.3, -0.25) is 9.78 Å². The van der Waals surface area contributed by atoms with E-state index < -0.39 is 16.0 Å². The number of sulfonamides is 1. The smallest absolute Gasteiger partial charge is 0.309 e. The number of nitrogens with two attached hydrogens (primary N) is 1. The van der Waals surface area contributed by atoms with Crippen molar-refractivity contribution < 1.29 is 18.3 Å². The SMILES string of the molecule is NS(=O)(=O)c1ccc(CC(=O)O)nc1. The fourth-order valence-electron chi connectivity index (χ4n) is 0.839. The Morgan fingerprint density at radius 2 is 2.14 bits per heavy atom. The molecule has 1 aromatic rings. The number of rotatable bonds is 3. The molecule has 7 heteroatoms. The Morgan fingerprint density at radius 1 is 1.50 bits per heavy atom. The Balaban J connectivity index is 2.95. The van der Waals surface area contributed by atoms with Crippen LogP contribution in [0.25, 0.3) is 0 Å². The highest BCUT2D eigenvalue weighted by Crippen LogP contribution is 2.05. The summed E-state index contributed by atoms with van der Waals surface area (Å²) in [5.74, 6) is -1.03. The molecule has 0 spiro atoms. The molecule has 1 aromatic heterocycles. The summed E-state index contributed by atoms with van der Waals surface area (Å²) in [4.78, 5) is 13.8. The number of primary sulfonamides is 1. The lowest BCUT2D eigenvalue weighted by Gasteiger charge is -1.98. The third kappa shape index (κ3) is 2.79. The number of carboxylic acid groups (broad SMARTS) is 1. The fraction of sp³-hybridized carbons (Fsp3) is 0.143. The molecule has 0 unspecified atom stereocenters. The first kappa shape index (κ1) is 10.6. The average molecular weight is 216 g/mol. The summed E-state index contributed by atoms with van der Waals surface area (Å²) in [6.07, 6.45) is 0.790. The quantitative estimate of drug-likeness (QED) is 0.697. The van der Waals surface area contributed by atoms with Crippen molar-refractivity contribution in [3.8, 4) is 0 Å². The summed E-state index contributed by atoms with van der Waals surface area (Å²) in [5, 5.41) is 13.2. The second-order valence-electron chi connectivity index (χ2n) is 2.60. The van der Waals surface area contributed by atoms with E-state index in [-0.39, 0.29) is 17.0 Å². The van der Waals surface area contributed by atoms with Crippen molar-refractivity contribution in [2.45, 2.75) is 11.3 Å². The number of carboxylic acids is 1. The van der Waals surface area contributed by atoms with Crippen LogP contribution in [0.1, 0.15) is 5.69 Å². The molecule has 14 heavy (non-hydrogen) atoms. The van der Waals surface area contributed by atoms with Gasteiger partial charge in [-0.05, 0) is 12.1 Å². The lowest BCUT2D eigenvalue weighted by molar-refractivity contribution is -0.136. The molecule has 0 amide bonds. The van der Waals surface area contributed by atoms with Gasteiger partial charge in [0.25, 0.3) is 0 Å². The lowest BCUT2D eigenvalue weighted by atomic mass is 10.3. The van der Waals surface area contributed by atoms with Crippen LogP contribution in [-0.4, -0.2) is 24.5 Å². The van der Waals surface area contributed by atoms with Crippen molar-refractivity contribution >= 4 is 16.0 Å². The van der Waals surface area contributed by atoms with Crippen LogP contribution in [0.4, 0.5) is 0 Å². The van der Waals surface area contributed by atoms with Gasteiger partial charge in [-0.15, -0.1) is 0 Å². The third-order valence-corrected chi connectivity index (χ3v) is 2.36. The van der Waals surface area contributed by atoms with Crippen LogP contribution >= 0.6 is 0 Å². The van der Waals surface area contributed by atoms with Crippen molar-refractivity contribution in [3.63, 3.8) is 0 Å². The van der Waals surface area contributed by atoms with Gasteiger partial charge in [-0.25, -0.2) is 13.6 Å². The summed E-state index contributed by atoms with van der Waals surface area (Å²) in [5.41, 5.74) is 0.282. The van der Waals surface area contributed by atoms with Crippen LogP contribution in [0.3, 0.4) is 0 Å². The van der Waals surface area contributed by atoms with E-state index in [2.05, 4.69) is 4.98 Å². The van der Waals surface area contributed by atoms with E-state index in [0.717, 1.165) is 6.20 Å². The zero-order valence-corrected chi connectivity index (χ0v) is 7.86. The third-order valence-electron chi connectivity index (χ3n) is 1.46. The van der Waals surface area contributed by atoms with Gasteiger partial charge in [-0.1, -0.05) is 0 Å². The molecule has 3 N–H and O–H groups in total. The number of aromatic nitrogens is 1. The number of carbonyl (C=O) groups is 1. The molecule has 76 valence electrons. The maximum absolute atomic E-state index is 10.8. The van der Waals surface area contributed by atoms with Gasteiger partial charge in [-0.2, -0.15) is 0 Å². The average Bonchev–Trinajstić information content (AvgIpc) is 2.02. The van der Waals surface area contributed by atoms with Gasteiger partial charge in [0.05, 0.1) is 12.1 Å². The Kier molecular flexibility index (Phi) is 2.82. The molecule has 6 nitrogen and oxygen atoms in total. The molecule has 0 aliphatic heterocycles. The topological polar surface area (TPSA) is 110 Å². The van der Waals surface area contributed by atoms with Gasteiger partial charge in [0.15, 0.2) is 0 Å². The van der Waals surface area contributed by atoms with E-state index in [1.165, 1.54) is 12.1 Å². The van der Waals surface area contributed by atoms with Crippen LogP contribution in [0.15, 0.2) is 23.2 Å². The molecule has 0 radical (unpaired) electrons. The summed E-state index contributed by atoms with van der Waals surface area (Å²) < 4.78 is 21.6. The summed E-state index contributed by atoms with van der Waals surface area (Å²) >= 11 is 0. The van der Waals surface area contributed by atoms with Gasteiger partial charge < -0.3 is 5.11 Å². The molecule has 0 aromatic carbocycles. The molecule has 0 bridgehead atoms. The monoisotopic (exact) mass is 216 g/mol. The predicted molar refractivity (Wildman–Crippen MR) is 47.0 cm³/mol. The minimum atomic E-state index is -3.76. The van der Waals surface area contributed by atoms with Crippen LogP contribution < -0.4 is 5.14 Å². The molecule has 0 fully saturated rings. The minimum Gasteiger partial charge on any atom is -0.481 e. The maximum Gasteiger partial charge on any atom is 0.309 e. The van der Waals surface area contributed by atoms with E-state index in [9.17, 15) is 13.2 Å². The number of nitrogens with zero attached hydrogens (tertiary/aromatic N) is 1. The zero-order valence-electron chi connectivity index (χ0n) is 7.04. The number of aliphatic carboxylic acids is 1. The second-order valence-corrected chi connectivity index (χ2v) is 4.16. The molecule has 1 heterocycles. The molecule has 0 saturated heterocycles. The van der Waals surface area contributed by atoms with Crippen LogP contribution in [0.5, 0.6) is 0 Å². The first-order valence-corrected chi connectivity index (χ1v) is 5.14. The van der Waals surface area contributed by atoms with Crippen molar-refractivity contribution in [3.05, 3.63) is 24.0 Å². The highest BCUT2D eigenvalue weighted by molar-refractivity contribution is 7.89. The fourth-order valence-corrected chi connectivity index (χ4v) is 1.30. The molecule has 0 aliphatic carbocycles.